The summed E-state index contributed by atoms with van der Waals surface area (Å²) in [6.45, 7) is 18.3. The summed E-state index contributed by atoms with van der Waals surface area (Å²) in [7, 11) is 0. The number of rotatable bonds is 22. The van der Waals surface area contributed by atoms with Gasteiger partial charge in [-0.1, -0.05) is 112 Å². The zero-order valence-electron chi connectivity index (χ0n) is 33.7. The van der Waals surface area contributed by atoms with Crippen LogP contribution in [-0.2, 0) is 26.2 Å². The first kappa shape index (κ1) is 45.6. The first-order chi connectivity index (χ1) is 24.8. The second-order valence-electron chi connectivity index (χ2n) is 16.3. The van der Waals surface area contributed by atoms with Crippen molar-refractivity contribution in [1.29, 1.82) is 0 Å². The van der Waals surface area contributed by atoms with Crippen molar-refractivity contribution < 1.29 is 38.5 Å². The molecule has 0 bridgehead atoms. The van der Waals surface area contributed by atoms with Gasteiger partial charge in [0.2, 0.25) is 5.91 Å². The Morgan fingerprint density at radius 3 is 1.92 bits per heavy atom. The average Bonchev–Trinajstić information content (AvgIpc) is 3.05. The third-order valence-electron chi connectivity index (χ3n) is 8.92. The Bertz CT molecular complexity index is 1520. The molecule has 0 saturated carbocycles. The molecule has 10 heteroatoms. The monoisotopic (exact) mass is 756 g/mol. The summed E-state index contributed by atoms with van der Waals surface area (Å²) in [6.07, 6.45) is 11.5. The predicted octanol–water partition coefficient (Wildman–Crippen LogP) is 9.52. The molecule has 2 unspecified atom stereocenters. The summed E-state index contributed by atoms with van der Waals surface area (Å²) in [5.74, 6) is -1.88. The van der Waals surface area contributed by atoms with Crippen LogP contribution in [0.5, 0.6) is 17.2 Å². The maximum Gasteiger partial charge on any atom is 0.308 e. The number of ether oxygens (including phenoxy) is 3. The molecule has 1 N–H and O–H groups in total. The number of esters is 1. The standard InChI is InChI=1S/C43H64ClNO8/c1-11-12-13-14-15-16-17-18-19-20-21-30(53-31-22-25-36(52-29(4)46)34(27-31)42(5,6)7)26-33-32(41(49)50)23-24-35(38(33)51-28(2)3)45-40(48)37(44)39(47)43(8,9)10/h22-25,27-28,30,37H,11-21,26H2,1-10H3,(H,45,48)(H,49,50)/p-1. The van der Waals surface area contributed by atoms with Crippen molar-refractivity contribution in [3.63, 3.8) is 0 Å². The first-order valence-corrected chi connectivity index (χ1v) is 19.7. The number of nitrogens with one attached hydrogen (secondary N) is 1. The van der Waals surface area contributed by atoms with Crippen molar-refractivity contribution in [2.24, 2.45) is 5.41 Å². The van der Waals surface area contributed by atoms with Crippen molar-refractivity contribution in [2.45, 2.75) is 169 Å². The maximum absolute atomic E-state index is 13.3. The van der Waals surface area contributed by atoms with Gasteiger partial charge in [-0.2, -0.15) is 0 Å². The van der Waals surface area contributed by atoms with E-state index in [0.717, 1.165) is 31.2 Å². The van der Waals surface area contributed by atoms with Gasteiger partial charge in [-0.05, 0) is 56.4 Å². The Morgan fingerprint density at radius 1 is 0.830 bits per heavy atom. The number of hydrogen-bond acceptors (Lipinski definition) is 8. The number of unbranched alkanes of at least 4 members (excludes halogenated alkanes) is 9. The van der Waals surface area contributed by atoms with Crippen LogP contribution in [0.3, 0.4) is 0 Å². The molecule has 0 aliphatic rings. The lowest BCUT2D eigenvalue weighted by atomic mass is 9.86. The van der Waals surface area contributed by atoms with E-state index < -0.39 is 46.6 Å². The topological polar surface area (TPSA) is 131 Å². The molecule has 9 nitrogen and oxygen atoms in total. The Balaban J connectivity index is 2.52. The van der Waals surface area contributed by atoms with Crippen LogP contribution in [0.1, 0.15) is 161 Å². The number of alkyl halides is 1. The van der Waals surface area contributed by atoms with Crippen LogP contribution >= 0.6 is 11.6 Å². The number of carboxylic acid groups (broad SMARTS) is 1. The van der Waals surface area contributed by atoms with Gasteiger partial charge in [0.25, 0.3) is 0 Å². The second kappa shape index (κ2) is 21.3. The van der Waals surface area contributed by atoms with Crippen molar-refractivity contribution in [1.82, 2.24) is 0 Å². The van der Waals surface area contributed by atoms with E-state index in [0.29, 0.717) is 23.5 Å². The lowest BCUT2D eigenvalue weighted by Crippen LogP contribution is -2.38. The summed E-state index contributed by atoms with van der Waals surface area (Å²) >= 11 is 6.33. The minimum Gasteiger partial charge on any atom is -0.545 e. The molecule has 2 aromatic carbocycles. The summed E-state index contributed by atoms with van der Waals surface area (Å²) in [5.41, 5.74) is -0.0500. The largest absolute Gasteiger partial charge is 0.545 e. The Kier molecular flexibility index (Phi) is 18.3. The number of hydrogen-bond donors (Lipinski definition) is 1. The van der Waals surface area contributed by atoms with E-state index in [1.807, 2.05) is 26.8 Å². The Morgan fingerprint density at radius 2 is 1.42 bits per heavy atom. The highest BCUT2D eigenvalue weighted by Crippen LogP contribution is 2.38. The number of carbonyl (C=O) groups excluding carboxylic acids is 4. The molecule has 0 radical (unpaired) electrons. The van der Waals surface area contributed by atoms with Gasteiger partial charge in [-0.25, -0.2) is 0 Å². The molecule has 2 aromatic rings. The van der Waals surface area contributed by atoms with Crippen molar-refractivity contribution in [2.75, 3.05) is 5.32 Å². The van der Waals surface area contributed by atoms with Crippen LogP contribution < -0.4 is 24.6 Å². The minimum atomic E-state index is -1.47. The van der Waals surface area contributed by atoms with Crippen LogP contribution in [0, 0.1) is 5.41 Å². The third-order valence-corrected chi connectivity index (χ3v) is 9.31. The zero-order chi connectivity index (χ0) is 39.9. The average molecular weight is 757 g/mol. The number of amides is 1. The number of aromatic carboxylic acids is 1. The molecule has 1 amide bonds. The van der Waals surface area contributed by atoms with Crippen LogP contribution in [0.15, 0.2) is 30.3 Å². The SMILES string of the molecule is CCCCCCCCCCCCC(Cc1c(C(=O)[O-])ccc(NC(=O)C(Cl)C(=O)C(C)(C)C)c1OC(C)C)Oc1ccc(OC(C)=O)c(C(C)(C)C)c1. The number of ketones is 1. The number of halogens is 1. The first-order valence-electron chi connectivity index (χ1n) is 19.3. The van der Waals surface area contributed by atoms with Crippen molar-refractivity contribution >= 4 is 40.9 Å². The number of Topliss-reactive ketones (excluding diaryl/α,β-unsaturated/α-hetero) is 1. The summed E-state index contributed by atoms with van der Waals surface area (Å²) < 4.78 is 18.4. The van der Waals surface area contributed by atoms with Crippen LogP contribution in [-0.4, -0.2) is 41.2 Å². The molecular formula is C43H63ClNO8-. The Hall–Kier alpha value is -3.59. The van der Waals surface area contributed by atoms with Crippen LogP contribution in [0.4, 0.5) is 5.69 Å². The molecule has 0 spiro atoms. The van der Waals surface area contributed by atoms with Gasteiger partial charge in [-0.3, -0.25) is 14.4 Å². The van der Waals surface area contributed by atoms with E-state index >= 15 is 0 Å². The molecule has 53 heavy (non-hydrogen) atoms. The van der Waals surface area contributed by atoms with E-state index in [4.69, 9.17) is 25.8 Å². The quantitative estimate of drug-likeness (QED) is 0.0413. The highest BCUT2D eigenvalue weighted by molar-refractivity contribution is 6.43. The fraction of sp³-hybridized carbons (Fsp3) is 0.628. The molecule has 0 aliphatic carbocycles. The summed E-state index contributed by atoms with van der Waals surface area (Å²) in [4.78, 5) is 50.5. The van der Waals surface area contributed by atoms with E-state index in [1.54, 1.807) is 46.8 Å². The normalized spacial score (nSPS) is 13.0. The van der Waals surface area contributed by atoms with Gasteiger partial charge in [-0.15, -0.1) is 11.6 Å². The van der Waals surface area contributed by atoms with Gasteiger partial charge in [0.05, 0.1) is 17.8 Å². The predicted molar refractivity (Wildman–Crippen MR) is 210 cm³/mol. The Labute approximate surface area is 322 Å². The van der Waals surface area contributed by atoms with Crippen LogP contribution in [0.2, 0.25) is 0 Å². The molecule has 2 rings (SSSR count). The van der Waals surface area contributed by atoms with Crippen molar-refractivity contribution in [3.05, 3.63) is 47.0 Å². The number of carboxylic acids is 1. The van der Waals surface area contributed by atoms with Crippen LogP contribution in [0.25, 0.3) is 0 Å². The van der Waals surface area contributed by atoms with Gasteiger partial charge in [0.1, 0.15) is 23.4 Å². The summed E-state index contributed by atoms with van der Waals surface area (Å²) in [5, 5.41) is 13.8. The smallest absolute Gasteiger partial charge is 0.308 e. The van der Waals surface area contributed by atoms with Gasteiger partial charge in [0.15, 0.2) is 11.2 Å². The molecule has 0 heterocycles. The fourth-order valence-corrected chi connectivity index (χ4v) is 6.46. The van der Waals surface area contributed by atoms with Gasteiger partial charge in [0, 0.05) is 35.4 Å². The van der Waals surface area contributed by atoms with E-state index in [1.165, 1.54) is 57.6 Å². The molecule has 0 aliphatic heterocycles. The zero-order valence-corrected chi connectivity index (χ0v) is 34.5. The highest BCUT2D eigenvalue weighted by Gasteiger charge is 2.34. The van der Waals surface area contributed by atoms with Crippen molar-refractivity contribution in [3.8, 4) is 17.2 Å². The molecule has 0 saturated heterocycles. The molecule has 0 fully saturated rings. The third kappa shape index (κ3) is 15.4. The fourth-order valence-electron chi connectivity index (χ4n) is 6.08. The number of carbonyl (C=O) groups is 4. The van der Waals surface area contributed by atoms with E-state index in [9.17, 15) is 24.3 Å². The second-order valence-corrected chi connectivity index (χ2v) is 16.7. The van der Waals surface area contributed by atoms with Gasteiger partial charge >= 0.3 is 5.97 Å². The number of benzene rings is 2. The maximum atomic E-state index is 13.3. The van der Waals surface area contributed by atoms with E-state index in [2.05, 4.69) is 12.2 Å². The molecule has 2 atom stereocenters. The lowest BCUT2D eigenvalue weighted by Gasteiger charge is -2.27. The minimum absolute atomic E-state index is 0.0934. The molecule has 296 valence electrons. The lowest BCUT2D eigenvalue weighted by molar-refractivity contribution is -0.255. The number of anilines is 1. The molecular weight excluding hydrogens is 694 g/mol. The highest BCUT2D eigenvalue weighted by atomic mass is 35.5. The molecule has 0 aromatic heterocycles. The van der Waals surface area contributed by atoms with Gasteiger partial charge < -0.3 is 29.4 Å². The summed E-state index contributed by atoms with van der Waals surface area (Å²) in [6, 6.07) is 8.11. The van der Waals surface area contributed by atoms with E-state index in [-0.39, 0.29) is 28.8 Å².